The number of piperidine rings is 2. The number of hydrogen-bond donors (Lipinski definition) is 0. The Labute approximate surface area is 236 Å². The molecule has 2 aromatic carbocycles. The van der Waals surface area contributed by atoms with Crippen LogP contribution in [-0.2, 0) is 15.0 Å². The number of ether oxygens (including phenoxy) is 1. The first-order valence-electron chi connectivity index (χ1n) is 14.5. The van der Waals surface area contributed by atoms with Crippen LogP contribution in [0.4, 0.5) is 4.39 Å². The van der Waals surface area contributed by atoms with Gasteiger partial charge in [-0.05, 0) is 81.7 Å². The second-order valence-electron chi connectivity index (χ2n) is 11.9. The number of benzene rings is 2. The van der Waals surface area contributed by atoms with E-state index in [1.165, 1.54) is 6.07 Å². The van der Waals surface area contributed by atoms with Crippen LogP contribution in [0.2, 0.25) is 5.02 Å². The summed E-state index contributed by atoms with van der Waals surface area (Å²) in [6.45, 7) is 4.93. The Kier molecular flexibility index (Phi) is 8.51. The fraction of sp³-hybridized carbons (Fsp3) is 0.562. The topological polar surface area (TPSA) is 49.9 Å². The molecule has 0 unspecified atom stereocenters. The summed E-state index contributed by atoms with van der Waals surface area (Å²) < 4.78 is 21.4. The summed E-state index contributed by atoms with van der Waals surface area (Å²) in [5, 5.41) is 0.682. The third-order valence-corrected chi connectivity index (χ3v) is 9.54. The molecule has 3 fully saturated rings. The molecule has 2 aromatic rings. The fourth-order valence-electron chi connectivity index (χ4n) is 6.94. The summed E-state index contributed by atoms with van der Waals surface area (Å²) in [6.07, 6.45) is 8.30. The van der Waals surface area contributed by atoms with E-state index >= 15 is 4.39 Å². The molecule has 0 bridgehead atoms. The quantitative estimate of drug-likeness (QED) is 0.383. The van der Waals surface area contributed by atoms with Crippen molar-refractivity contribution in [3.63, 3.8) is 0 Å². The maximum atomic E-state index is 15.1. The molecule has 2 heterocycles. The number of carbonyl (C=O) groups excluding carboxylic acids is 2. The molecule has 2 amide bonds. The molecule has 0 radical (unpaired) electrons. The first-order valence-corrected chi connectivity index (χ1v) is 14.9. The lowest BCUT2D eigenvalue weighted by molar-refractivity contribution is -0.145. The molecule has 2 aliphatic heterocycles. The van der Waals surface area contributed by atoms with Gasteiger partial charge in [0.25, 0.3) is 0 Å². The zero-order chi connectivity index (χ0) is 27.5. The van der Waals surface area contributed by atoms with Crippen LogP contribution in [0.5, 0.6) is 5.75 Å². The van der Waals surface area contributed by atoms with Crippen molar-refractivity contribution < 1.29 is 18.7 Å². The van der Waals surface area contributed by atoms with Crippen LogP contribution in [0, 0.1) is 18.2 Å². The van der Waals surface area contributed by atoms with Crippen LogP contribution < -0.4 is 4.74 Å². The predicted molar refractivity (Wildman–Crippen MR) is 152 cm³/mol. The summed E-state index contributed by atoms with van der Waals surface area (Å²) in [7, 11) is 0. The number of hydrogen-bond acceptors (Lipinski definition) is 3. The molecule has 0 spiro atoms. The van der Waals surface area contributed by atoms with E-state index in [9.17, 15) is 9.59 Å². The van der Waals surface area contributed by atoms with Gasteiger partial charge < -0.3 is 14.5 Å². The zero-order valence-electron chi connectivity index (χ0n) is 23.0. The van der Waals surface area contributed by atoms with Gasteiger partial charge in [-0.2, -0.15) is 0 Å². The summed E-state index contributed by atoms with van der Waals surface area (Å²) in [5.74, 6) is 0.549. The third kappa shape index (κ3) is 5.96. The van der Waals surface area contributed by atoms with Crippen molar-refractivity contribution >= 4 is 23.4 Å². The number of carbonyl (C=O) groups is 2. The second-order valence-corrected chi connectivity index (χ2v) is 12.3. The van der Waals surface area contributed by atoms with Crippen molar-refractivity contribution in [3.05, 3.63) is 64.4 Å². The minimum atomic E-state index is -0.834. The van der Waals surface area contributed by atoms with Crippen molar-refractivity contribution in [1.29, 1.82) is 0 Å². The molecule has 1 aliphatic carbocycles. The number of amides is 2. The van der Waals surface area contributed by atoms with E-state index in [4.69, 9.17) is 16.3 Å². The van der Waals surface area contributed by atoms with E-state index in [1.54, 1.807) is 12.1 Å². The molecular weight excluding hydrogens is 515 g/mol. The van der Waals surface area contributed by atoms with E-state index in [0.717, 1.165) is 63.6 Å². The van der Waals surface area contributed by atoms with Crippen molar-refractivity contribution in [2.45, 2.75) is 76.5 Å². The summed E-state index contributed by atoms with van der Waals surface area (Å²) in [5.41, 5.74) is 0.104. The molecule has 0 aromatic heterocycles. The van der Waals surface area contributed by atoms with Crippen LogP contribution in [0.25, 0.3) is 0 Å². The SMILES string of the molecule is Cc1cc(OC[C@]2(CC(=O)N3CCCCC3)CCCN(C(=O)C3(c4ccccc4F)CCCC3)C2)ccc1Cl. The predicted octanol–water partition coefficient (Wildman–Crippen LogP) is 6.69. The van der Waals surface area contributed by atoms with Crippen LogP contribution in [0.1, 0.15) is 75.3 Å². The van der Waals surface area contributed by atoms with E-state index in [2.05, 4.69) is 0 Å². The highest BCUT2D eigenvalue weighted by atomic mass is 35.5. The van der Waals surface area contributed by atoms with Gasteiger partial charge in [0.15, 0.2) is 0 Å². The minimum Gasteiger partial charge on any atom is -0.493 e. The van der Waals surface area contributed by atoms with Crippen molar-refractivity contribution in [1.82, 2.24) is 9.80 Å². The zero-order valence-corrected chi connectivity index (χ0v) is 23.8. The Balaban J connectivity index is 1.41. The first kappa shape index (κ1) is 27.9. The molecule has 3 aliphatic rings. The van der Waals surface area contributed by atoms with Gasteiger partial charge in [-0.25, -0.2) is 4.39 Å². The van der Waals surface area contributed by atoms with Crippen molar-refractivity contribution in [2.24, 2.45) is 5.41 Å². The largest absolute Gasteiger partial charge is 0.493 e. The van der Waals surface area contributed by atoms with Gasteiger partial charge in [0.05, 0.1) is 12.0 Å². The minimum absolute atomic E-state index is 0.00179. The fourth-order valence-corrected chi connectivity index (χ4v) is 7.06. The molecule has 5 nitrogen and oxygen atoms in total. The third-order valence-electron chi connectivity index (χ3n) is 9.11. The highest BCUT2D eigenvalue weighted by Crippen LogP contribution is 2.45. The average Bonchev–Trinajstić information content (AvgIpc) is 3.45. The lowest BCUT2D eigenvalue weighted by atomic mass is 9.73. The Morgan fingerprint density at radius 2 is 1.64 bits per heavy atom. The normalized spacial score (nSPS) is 23.1. The summed E-state index contributed by atoms with van der Waals surface area (Å²) in [4.78, 5) is 31.8. The van der Waals surface area contributed by atoms with E-state index in [-0.39, 0.29) is 17.6 Å². The number of likely N-dealkylation sites (tertiary alicyclic amines) is 2. The molecule has 1 atom stereocenters. The van der Waals surface area contributed by atoms with Gasteiger partial charge in [-0.3, -0.25) is 9.59 Å². The second kappa shape index (κ2) is 11.9. The van der Waals surface area contributed by atoms with E-state index < -0.39 is 10.8 Å². The first-order chi connectivity index (χ1) is 18.8. The van der Waals surface area contributed by atoms with Crippen molar-refractivity contribution in [2.75, 3.05) is 32.8 Å². The monoisotopic (exact) mass is 554 g/mol. The van der Waals surface area contributed by atoms with Gasteiger partial charge in [0, 0.05) is 48.6 Å². The van der Waals surface area contributed by atoms with E-state index in [0.29, 0.717) is 55.3 Å². The number of nitrogens with zero attached hydrogens (tertiary/aromatic N) is 2. The highest BCUT2D eigenvalue weighted by molar-refractivity contribution is 6.31. The van der Waals surface area contributed by atoms with Gasteiger partial charge in [-0.1, -0.05) is 42.6 Å². The molecule has 7 heteroatoms. The molecule has 39 heavy (non-hydrogen) atoms. The van der Waals surface area contributed by atoms with Gasteiger partial charge in [0.2, 0.25) is 11.8 Å². The van der Waals surface area contributed by atoms with Crippen LogP contribution in [-0.4, -0.2) is 54.4 Å². The van der Waals surface area contributed by atoms with Crippen LogP contribution in [0.15, 0.2) is 42.5 Å². The molecule has 2 saturated heterocycles. The summed E-state index contributed by atoms with van der Waals surface area (Å²) >= 11 is 6.23. The van der Waals surface area contributed by atoms with Gasteiger partial charge in [-0.15, -0.1) is 0 Å². The molecular formula is C32H40ClFN2O3. The average molecular weight is 555 g/mol. The molecule has 0 N–H and O–H groups in total. The molecule has 210 valence electrons. The molecule has 5 rings (SSSR count). The maximum Gasteiger partial charge on any atom is 0.233 e. The lowest BCUT2D eigenvalue weighted by Gasteiger charge is -2.46. The van der Waals surface area contributed by atoms with Crippen LogP contribution in [0.3, 0.4) is 0 Å². The number of rotatable bonds is 7. The summed E-state index contributed by atoms with van der Waals surface area (Å²) in [6, 6.07) is 12.3. The maximum absolute atomic E-state index is 15.1. The highest BCUT2D eigenvalue weighted by Gasteiger charge is 2.49. The van der Waals surface area contributed by atoms with Crippen molar-refractivity contribution in [3.8, 4) is 5.75 Å². The molecule has 1 saturated carbocycles. The van der Waals surface area contributed by atoms with Crippen LogP contribution >= 0.6 is 11.6 Å². The standard InChI is InChI=1S/C32H40ClFN2O3/c1-24-20-25(12-13-27(24)33)39-23-31(21-29(37)35-17-7-2-8-18-35)14-9-19-36(22-31)30(38)32(15-5-6-16-32)26-10-3-4-11-28(26)34/h3-4,10-13,20H,2,5-9,14-19,21-23H2,1H3/t31-/m0/s1. The number of aryl methyl sites for hydroxylation is 1. The van der Waals surface area contributed by atoms with E-state index in [1.807, 2.05) is 41.0 Å². The van der Waals surface area contributed by atoms with Gasteiger partial charge in [0.1, 0.15) is 11.6 Å². The Morgan fingerprint density at radius 3 is 2.36 bits per heavy atom. The Hall–Kier alpha value is -2.60. The Morgan fingerprint density at radius 1 is 0.923 bits per heavy atom. The number of halogens is 2. The lowest BCUT2D eigenvalue weighted by Crippen LogP contribution is -2.55. The Bertz CT molecular complexity index is 1190. The smallest absolute Gasteiger partial charge is 0.233 e. The van der Waals surface area contributed by atoms with Gasteiger partial charge >= 0.3 is 0 Å².